The molecule has 2 unspecified atom stereocenters. The van der Waals surface area contributed by atoms with E-state index in [-0.39, 0.29) is 0 Å². The van der Waals surface area contributed by atoms with Gasteiger partial charge in [0.05, 0.1) is 7.11 Å². The Morgan fingerprint density at radius 3 is 2.76 bits per heavy atom. The van der Waals surface area contributed by atoms with E-state index >= 15 is 0 Å². The monoisotopic (exact) mass is 334 g/mol. The lowest BCUT2D eigenvalue weighted by Crippen LogP contribution is -2.47. The Morgan fingerprint density at radius 1 is 1.20 bits per heavy atom. The number of piperidine rings is 1. The summed E-state index contributed by atoms with van der Waals surface area (Å²) in [6.07, 6.45) is 9.50. The first-order chi connectivity index (χ1) is 12.2. The highest BCUT2D eigenvalue weighted by atomic mass is 16.5. The van der Waals surface area contributed by atoms with Crippen molar-refractivity contribution in [3.8, 4) is 5.88 Å². The van der Waals surface area contributed by atoms with Gasteiger partial charge in [0.15, 0.2) is 0 Å². The standard InChI is InChI=1S/C22H26N2O/c1-16-11-22(25-2)23-14-21(16)18-12-19-9-6-10-20(13-18)24(19)15-17-7-4-3-5-8-17/h3-5,7-8,11-12,14,19-20H,6,9-10,13,15H2,1-2H3. The van der Waals surface area contributed by atoms with Crippen molar-refractivity contribution in [3.63, 3.8) is 0 Å². The molecule has 0 aliphatic carbocycles. The predicted molar refractivity (Wildman–Crippen MR) is 102 cm³/mol. The Kier molecular flexibility index (Phi) is 4.58. The summed E-state index contributed by atoms with van der Waals surface area (Å²) < 4.78 is 5.26. The molecule has 0 radical (unpaired) electrons. The van der Waals surface area contributed by atoms with Gasteiger partial charge in [-0.3, -0.25) is 4.90 Å². The van der Waals surface area contributed by atoms with Crippen LogP contribution in [0, 0.1) is 6.92 Å². The summed E-state index contributed by atoms with van der Waals surface area (Å²) in [4.78, 5) is 7.14. The fourth-order valence-electron chi connectivity index (χ4n) is 4.34. The molecule has 1 aromatic heterocycles. The van der Waals surface area contributed by atoms with Crippen LogP contribution in [0.2, 0.25) is 0 Å². The van der Waals surface area contributed by atoms with E-state index in [4.69, 9.17) is 4.74 Å². The number of ether oxygens (including phenoxy) is 1. The van der Waals surface area contributed by atoms with Crippen LogP contribution in [0.3, 0.4) is 0 Å². The van der Waals surface area contributed by atoms with Crippen LogP contribution in [0.15, 0.2) is 48.7 Å². The van der Waals surface area contributed by atoms with E-state index < -0.39 is 0 Å². The third-order valence-corrected chi connectivity index (χ3v) is 5.63. The SMILES string of the molecule is COc1cc(C)c(C2=CC3CCCC(C2)N3Cc2ccccc2)cn1. The summed E-state index contributed by atoms with van der Waals surface area (Å²) in [6, 6.07) is 14.1. The summed E-state index contributed by atoms with van der Waals surface area (Å²) in [5, 5.41) is 0. The van der Waals surface area contributed by atoms with Crippen molar-refractivity contribution in [2.75, 3.05) is 7.11 Å². The van der Waals surface area contributed by atoms with Crippen molar-refractivity contribution < 1.29 is 4.74 Å². The molecular weight excluding hydrogens is 308 g/mol. The largest absolute Gasteiger partial charge is 0.481 e. The third-order valence-electron chi connectivity index (χ3n) is 5.63. The van der Waals surface area contributed by atoms with Crippen molar-refractivity contribution >= 4 is 5.57 Å². The molecule has 2 aromatic rings. The second-order valence-corrected chi connectivity index (χ2v) is 7.25. The lowest BCUT2D eigenvalue weighted by Gasteiger charge is -2.45. The van der Waals surface area contributed by atoms with E-state index in [1.807, 2.05) is 12.3 Å². The Bertz CT molecular complexity index is 769. The van der Waals surface area contributed by atoms with Gasteiger partial charge in [0.1, 0.15) is 0 Å². The maximum Gasteiger partial charge on any atom is 0.213 e. The molecule has 2 aliphatic rings. The number of pyridine rings is 1. The molecule has 1 aromatic carbocycles. The highest BCUT2D eigenvalue weighted by molar-refractivity contribution is 5.70. The van der Waals surface area contributed by atoms with Gasteiger partial charge in [-0.1, -0.05) is 42.8 Å². The summed E-state index contributed by atoms with van der Waals surface area (Å²) >= 11 is 0. The molecule has 4 rings (SSSR count). The van der Waals surface area contributed by atoms with Gasteiger partial charge in [-0.2, -0.15) is 0 Å². The zero-order valence-electron chi connectivity index (χ0n) is 15.1. The summed E-state index contributed by atoms with van der Waals surface area (Å²) in [5.74, 6) is 0.698. The first kappa shape index (κ1) is 16.3. The number of nitrogens with zero attached hydrogens (tertiary/aromatic N) is 2. The van der Waals surface area contributed by atoms with Gasteiger partial charge in [0.2, 0.25) is 5.88 Å². The number of aryl methyl sites for hydroxylation is 1. The van der Waals surface area contributed by atoms with Crippen LogP contribution in [0.5, 0.6) is 5.88 Å². The topological polar surface area (TPSA) is 25.4 Å². The number of rotatable bonds is 4. The molecule has 3 heteroatoms. The minimum absolute atomic E-state index is 0.546. The molecule has 2 bridgehead atoms. The first-order valence-electron chi connectivity index (χ1n) is 9.26. The average Bonchev–Trinajstić information content (AvgIpc) is 2.62. The van der Waals surface area contributed by atoms with E-state index in [9.17, 15) is 0 Å². The quantitative estimate of drug-likeness (QED) is 0.816. The van der Waals surface area contributed by atoms with E-state index in [2.05, 4.69) is 53.2 Å². The Morgan fingerprint density at radius 2 is 2.04 bits per heavy atom. The first-order valence-corrected chi connectivity index (χ1v) is 9.26. The van der Waals surface area contributed by atoms with Gasteiger partial charge in [0.25, 0.3) is 0 Å². The molecular formula is C22H26N2O. The molecule has 1 saturated heterocycles. The molecule has 0 saturated carbocycles. The fraction of sp³-hybridized carbons (Fsp3) is 0.409. The molecule has 2 aliphatic heterocycles. The zero-order valence-corrected chi connectivity index (χ0v) is 15.1. The van der Waals surface area contributed by atoms with E-state index in [0.29, 0.717) is 18.0 Å². The minimum Gasteiger partial charge on any atom is -0.481 e. The molecule has 25 heavy (non-hydrogen) atoms. The Labute approximate surface area is 150 Å². The second kappa shape index (κ2) is 7.01. The molecule has 0 N–H and O–H groups in total. The van der Waals surface area contributed by atoms with Gasteiger partial charge in [0, 0.05) is 30.9 Å². The van der Waals surface area contributed by atoms with Crippen LogP contribution < -0.4 is 4.74 Å². The second-order valence-electron chi connectivity index (χ2n) is 7.25. The van der Waals surface area contributed by atoms with Crippen molar-refractivity contribution in [2.24, 2.45) is 0 Å². The number of methoxy groups -OCH3 is 1. The summed E-state index contributed by atoms with van der Waals surface area (Å²) in [7, 11) is 1.67. The lowest BCUT2D eigenvalue weighted by atomic mass is 9.82. The van der Waals surface area contributed by atoms with Crippen molar-refractivity contribution in [1.29, 1.82) is 0 Å². The maximum atomic E-state index is 5.26. The lowest BCUT2D eigenvalue weighted by molar-refractivity contribution is 0.0951. The van der Waals surface area contributed by atoms with Gasteiger partial charge in [-0.15, -0.1) is 0 Å². The van der Waals surface area contributed by atoms with E-state index in [1.54, 1.807) is 7.11 Å². The average molecular weight is 334 g/mol. The number of hydrogen-bond donors (Lipinski definition) is 0. The predicted octanol–water partition coefficient (Wildman–Crippen LogP) is 4.61. The van der Waals surface area contributed by atoms with Crippen molar-refractivity contribution in [2.45, 2.75) is 51.2 Å². The Hall–Kier alpha value is -2.13. The number of aromatic nitrogens is 1. The van der Waals surface area contributed by atoms with Crippen LogP contribution in [-0.2, 0) is 6.54 Å². The summed E-state index contributed by atoms with van der Waals surface area (Å²) in [6.45, 7) is 3.21. The third kappa shape index (κ3) is 3.34. The molecule has 1 fully saturated rings. The normalized spacial score (nSPS) is 23.2. The van der Waals surface area contributed by atoms with E-state index in [0.717, 1.165) is 13.0 Å². The van der Waals surface area contributed by atoms with Crippen molar-refractivity contribution in [3.05, 3.63) is 65.4 Å². The van der Waals surface area contributed by atoms with Gasteiger partial charge < -0.3 is 4.74 Å². The fourth-order valence-corrected chi connectivity index (χ4v) is 4.34. The Balaban J connectivity index is 1.61. The van der Waals surface area contributed by atoms with Crippen LogP contribution >= 0.6 is 0 Å². The summed E-state index contributed by atoms with van der Waals surface area (Å²) in [5.41, 5.74) is 5.43. The van der Waals surface area contributed by atoms with Crippen LogP contribution in [0.1, 0.15) is 42.4 Å². The van der Waals surface area contributed by atoms with Crippen LogP contribution in [-0.4, -0.2) is 29.1 Å². The van der Waals surface area contributed by atoms with E-state index in [1.165, 1.54) is 41.5 Å². The van der Waals surface area contributed by atoms with Crippen LogP contribution in [0.4, 0.5) is 0 Å². The number of benzene rings is 1. The highest BCUT2D eigenvalue weighted by Gasteiger charge is 2.34. The molecule has 2 atom stereocenters. The smallest absolute Gasteiger partial charge is 0.213 e. The number of hydrogen-bond acceptors (Lipinski definition) is 3. The van der Waals surface area contributed by atoms with Gasteiger partial charge >= 0.3 is 0 Å². The van der Waals surface area contributed by atoms with Crippen LogP contribution in [0.25, 0.3) is 5.57 Å². The number of fused-ring (bicyclic) bond motifs is 2. The maximum absolute atomic E-state index is 5.26. The van der Waals surface area contributed by atoms with Crippen molar-refractivity contribution in [1.82, 2.24) is 9.88 Å². The molecule has 0 amide bonds. The van der Waals surface area contributed by atoms with Gasteiger partial charge in [-0.25, -0.2) is 4.98 Å². The highest BCUT2D eigenvalue weighted by Crippen LogP contribution is 2.38. The van der Waals surface area contributed by atoms with Gasteiger partial charge in [-0.05, 0) is 48.4 Å². The molecule has 3 nitrogen and oxygen atoms in total. The molecule has 130 valence electrons. The molecule has 0 spiro atoms. The zero-order chi connectivity index (χ0) is 17.2. The minimum atomic E-state index is 0.546. The molecule has 3 heterocycles.